The van der Waals surface area contributed by atoms with Crippen molar-refractivity contribution in [3.05, 3.63) is 41.5 Å². The highest BCUT2D eigenvalue weighted by atomic mass is 16.6. The molecule has 0 spiro atoms. The van der Waals surface area contributed by atoms with Gasteiger partial charge in [0.25, 0.3) is 0 Å². The van der Waals surface area contributed by atoms with Gasteiger partial charge in [0, 0.05) is 35.7 Å². The summed E-state index contributed by atoms with van der Waals surface area (Å²) in [7, 11) is 12.7. The second kappa shape index (κ2) is 16.8. The Balaban J connectivity index is 3.20. The van der Waals surface area contributed by atoms with Crippen LogP contribution in [-0.4, -0.2) is 95.0 Å². The van der Waals surface area contributed by atoms with Gasteiger partial charge in [0.1, 0.15) is 34.5 Å². The van der Waals surface area contributed by atoms with E-state index in [0.717, 1.165) is 28.4 Å². The summed E-state index contributed by atoms with van der Waals surface area (Å²) < 4.78 is 53.4. The van der Waals surface area contributed by atoms with Gasteiger partial charge in [-0.2, -0.15) is 0 Å². The highest BCUT2D eigenvalue weighted by molar-refractivity contribution is 6.05. The Labute approximate surface area is 267 Å². The second-order valence-electron chi connectivity index (χ2n) is 9.46. The summed E-state index contributed by atoms with van der Waals surface area (Å²) in [5.74, 6) is -5.92. The Morgan fingerprint density at radius 2 is 0.978 bits per heavy atom. The predicted molar refractivity (Wildman–Crippen MR) is 163 cm³/mol. The molecule has 0 aliphatic rings. The van der Waals surface area contributed by atoms with E-state index in [-0.39, 0.29) is 28.6 Å². The molecule has 14 nitrogen and oxygen atoms in total. The molecule has 0 saturated carbocycles. The Hall–Kier alpha value is -5.14. The molecule has 0 heterocycles. The van der Waals surface area contributed by atoms with E-state index in [0.29, 0.717) is 17.1 Å². The Morgan fingerprint density at radius 1 is 0.587 bits per heavy atom. The molecule has 0 aliphatic heterocycles. The maximum absolute atomic E-state index is 14.1. The summed E-state index contributed by atoms with van der Waals surface area (Å²) in [6.07, 6.45) is 2.06. The fourth-order valence-corrected chi connectivity index (χ4v) is 5.09. The van der Waals surface area contributed by atoms with Crippen LogP contribution in [0.5, 0.6) is 34.5 Å². The van der Waals surface area contributed by atoms with Crippen LogP contribution in [0.2, 0.25) is 0 Å². The molecule has 1 atom stereocenters. The average Bonchev–Trinajstić information content (AvgIpc) is 3.10. The summed E-state index contributed by atoms with van der Waals surface area (Å²) in [4.78, 5) is 54.1. The number of esters is 4. The third-order valence-electron chi connectivity index (χ3n) is 7.41. The molecule has 0 aliphatic carbocycles. The van der Waals surface area contributed by atoms with Crippen molar-refractivity contribution in [2.45, 2.75) is 12.3 Å². The van der Waals surface area contributed by atoms with Gasteiger partial charge in [-0.1, -0.05) is 6.08 Å². The van der Waals surface area contributed by atoms with Crippen LogP contribution >= 0.6 is 0 Å². The number of hydrogen-bond donors (Lipinski definition) is 0. The number of carbonyl (C=O) groups is 4. The highest BCUT2D eigenvalue weighted by Gasteiger charge is 2.56. The molecular weight excluding hydrogens is 608 g/mol. The van der Waals surface area contributed by atoms with Gasteiger partial charge < -0.3 is 47.4 Å². The molecular formula is C32H40O14. The molecule has 0 aromatic heterocycles. The smallest absolute Gasteiger partial charge is 0.327 e. The van der Waals surface area contributed by atoms with E-state index in [1.807, 2.05) is 0 Å². The van der Waals surface area contributed by atoms with Crippen LogP contribution in [0, 0.1) is 11.3 Å². The zero-order valence-electron chi connectivity index (χ0n) is 27.5. The number of hydrogen-bond acceptors (Lipinski definition) is 14. The third-order valence-corrected chi connectivity index (χ3v) is 7.41. The van der Waals surface area contributed by atoms with Gasteiger partial charge in [0.05, 0.1) is 76.7 Å². The topological polar surface area (TPSA) is 161 Å². The van der Waals surface area contributed by atoms with Crippen LogP contribution < -0.4 is 28.4 Å². The number of ether oxygens (including phenoxy) is 10. The number of carbonyl (C=O) groups excluding carboxylic acids is 4. The number of rotatable bonds is 16. The molecule has 0 radical (unpaired) electrons. The number of benzene rings is 2. The van der Waals surface area contributed by atoms with Crippen LogP contribution in [0.15, 0.2) is 30.3 Å². The SMILES string of the molecule is COC(=O)C(CC(c1c(OC)cc(OC)cc1OC)C(/C=C/c1c(OC)cc(OC)cc1OC)(C(=O)OC)C(=O)OC)C(=O)OC. The van der Waals surface area contributed by atoms with Crippen molar-refractivity contribution in [2.24, 2.45) is 11.3 Å². The van der Waals surface area contributed by atoms with E-state index in [4.69, 9.17) is 47.4 Å². The van der Waals surface area contributed by atoms with E-state index in [9.17, 15) is 19.2 Å². The molecule has 252 valence electrons. The largest absolute Gasteiger partial charge is 0.496 e. The molecule has 2 aromatic rings. The van der Waals surface area contributed by atoms with Gasteiger partial charge in [-0.15, -0.1) is 0 Å². The lowest BCUT2D eigenvalue weighted by molar-refractivity contribution is -0.170. The first-order valence-electron chi connectivity index (χ1n) is 13.6. The fraction of sp³-hybridized carbons (Fsp3) is 0.438. The molecule has 0 amide bonds. The first kappa shape index (κ1) is 37.0. The average molecular weight is 649 g/mol. The van der Waals surface area contributed by atoms with Crippen molar-refractivity contribution in [1.29, 1.82) is 0 Å². The van der Waals surface area contributed by atoms with Crippen molar-refractivity contribution in [3.63, 3.8) is 0 Å². The zero-order valence-corrected chi connectivity index (χ0v) is 27.5. The van der Waals surface area contributed by atoms with E-state index >= 15 is 0 Å². The first-order valence-corrected chi connectivity index (χ1v) is 13.6. The van der Waals surface area contributed by atoms with Gasteiger partial charge in [0.2, 0.25) is 0 Å². The van der Waals surface area contributed by atoms with E-state index in [2.05, 4.69) is 0 Å². The van der Waals surface area contributed by atoms with Crippen LogP contribution in [0.4, 0.5) is 0 Å². The molecule has 0 fully saturated rings. The molecule has 2 rings (SSSR count). The lowest BCUT2D eigenvalue weighted by Crippen LogP contribution is -2.46. The lowest BCUT2D eigenvalue weighted by atomic mass is 9.67. The van der Waals surface area contributed by atoms with Crippen molar-refractivity contribution < 1.29 is 66.5 Å². The lowest BCUT2D eigenvalue weighted by Gasteiger charge is -2.36. The summed E-state index contributed by atoms with van der Waals surface area (Å²) in [6.45, 7) is 0. The summed E-state index contributed by atoms with van der Waals surface area (Å²) in [5.41, 5.74) is -2.03. The third kappa shape index (κ3) is 7.38. The Bertz CT molecular complexity index is 1350. The summed E-state index contributed by atoms with van der Waals surface area (Å²) in [6, 6.07) is 6.10. The molecule has 0 bridgehead atoms. The first-order chi connectivity index (χ1) is 22.0. The Morgan fingerprint density at radius 3 is 1.30 bits per heavy atom. The van der Waals surface area contributed by atoms with Crippen molar-refractivity contribution in [3.8, 4) is 34.5 Å². The molecule has 0 saturated heterocycles. The Kier molecular flexibility index (Phi) is 13.5. The number of methoxy groups -OCH3 is 10. The fourth-order valence-electron chi connectivity index (χ4n) is 5.09. The maximum Gasteiger partial charge on any atom is 0.327 e. The van der Waals surface area contributed by atoms with E-state index < -0.39 is 47.5 Å². The normalized spacial score (nSPS) is 11.7. The molecule has 14 heteroatoms. The van der Waals surface area contributed by atoms with Crippen LogP contribution in [0.3, 0.4) is 0 Å². The van der Waals surface area contributed by atoms with Gasteiger partial charge >= 0.3 is 23.9 Å². The molecule has 2 aromatic carbocycles. The monoisotopic (exact) mass is 648 g/mol. The van der Waals surface area contributed by atoms with Gasteiger partial charge in [-0.3, -0.25) is 19.2 Å². The maximum atomic E-state index is 14.1. The minimum Gasteiger partial charge on any atom is -0.496 e. The summed E-state index contributed by atoms with van der Waals surface area (Å²) >= 11 is 0. The quantitative estimate of drug-likeness (QED) is 0.148. The standard InChI is InChI=1S/C32H40O14/c1-37-18-13-23(39-3)20(24(14-18)40-4)11-12-32(30(35)45-9,31(36)46-10)22(17-21(28(33)43-7)29(34)44-8)27-25(41-5)15-19(38-2)16-26(27)42-6/h11-16,21-22H,17H2,1-10H3/b12-11+. The van der Waals surface area contributed by atoms with Crippen LogP contribution in [-0.2, 0) is 38.1 Å². The minimum atomic E-state index is -2.42. The minimum absolute atomic E-state index is 0.0832. The highest BCUT2D eigenvalue weighted by Crippen LogP contribution is 2.52. The summed E-state index contributed by atoms with van der Waals surface area (Å²) in [5, 5.41) is 0. The second-order valence-corrected chi connectivity index (χ2v) is 9.46. The van der Waals surface area contributed by atoms with Crippen molar-refractivity contribution >= 4 is 30.0 Å². The zero-order chi connectivity index (χ0) is 34.6. The van der Waals surface area contributed by atoms with Crippen LogP contribution in [0.1, 0.15) is 23.5 Å². The van der Waals surface area contributed by atoms with E-state index in [1.165, 1.54) is 66.9 Å². The van der Waals surface area contributed by atoms with Gasteiger partial charge in [0.15, 0.2) is 11.3 Å². The predicted octanol–water partition coefficient (Wildman–Crippen LogP) is 3.22. The van der Waals surface area contributed by atoms with Crippen molar-refractivity contribution in [1.82, 2.24) is 0 Å². The van der Waals surface area contributed by atoms with Gasteiger partial charge in [-0.25, -0.2) is 0 Å². The van der Waals surface area contributed by atoms with E-state index in [1.54, 1.807) is 12.1 Å². The van der Waals surface area contributed by atoms with Crippen LogP contribution in [0.25, 0.3) is 6.08 Å². The van der Waals surface area contributed by atoms with Gasteiger partial charge in [-0.05, 0) is 12.5 Å². The molecule has 46 heavy (non-hydrogen) atoms. The molecule has 1 unspecified atom stereocenters. The molecule has 0 N–H and O–H groups in total. The van der Waals surface area contributed by atoms with Crippen molar-refractivity contribution in [2.75, 3.05) is 71.1 Å².